The van der Waals surface area contributed by atoms with Crippen LogP contribution in [0, 0.1) is 0 Å². The predicted molar refractivity (Wildman–Crippen MR) is 186 cm³/mol. The van der Waals surface area contributed by atoms with Gasteiger partial charge in [-0.15, -0.1) is 0 Å². The van der Waals surface area contributed by atoms with E-state index in [1.807, 2.05) is 89.7 Å². The molecule has 0 fully saturated rings. The Labute approximate surface area is 285 Å². The standard InChI is InChI=1S/C37H38N4O7S/c1-24(27-13-7-4-8-14-27)39-36(44)29-18-28(34-21-35(43)41-49(34,46)47)19-30(20-29)37(45)40-32(17-25-10-5-3-6-11-25)33(42)23-38-22-26-12-9-15-31(16-26)48-2/h3-16,18-21,24,32-33,38,42H,17,22-23H2,1-2H3,(H,39,44)(H,40,45)(H,41,43)/t24-,32+,33-/m1/s1. The van der Waals surface area contributed by atoms with Crippen molar-refractivity contribution in [3.63, 3.8) is 0 Å². The first-order valence-corrected chi connectivity index (χ1v) is 17.2. The van der Waals surface area contributed by atoms with Crippen molar-refractivity contribution in [3.05, 3.63) is 143 Å². The van der Waals surface area contributed by atoms with Crippen molar-refractivity contribution in [2.45, 2.75) is 38.1 Å². The van der Waals surface area contributed by atoms with Crippen LogP contribution < -0.4 is 25.4 Å². The minimum atomic E-state index is -4.21. The van der Waals surface area contributed by atoms with E-state index in [2.05, 4.69) is 16.0 Å². The van der Waals surface area contributed by atoms with Crippen LogP contribution in [-0.2, 0) is 27.8 Å². The number of ether oxygens (including phenoxy) is 1. The van der Waals surface area contributed by atoms with Crippen LogP contribution in [0.3, 0.4) is 0 Å². The Morgan fingerprint density at radius 3 is 2.10 bits per heavy atom. The fourth-order valence-electron chi connectivity index (χ4n) is 5.48. The molecule has 1 heterocycles. The van der Waals surface area contributed by atoms with Crippen molar-refractivity contribution >= 4 is 32.6 Å². The van der Waals surface area contributed by atoms with E-state index in [0.29, 0.717) is 12.3 Å². The number of aliphatic hydroxyl groups excluding tert-OH is 1. The number of aliphatic hydroxyl groups is 1. The normalized spacial score (nSPS) is 15.3. The number of sulfonamides is 1. The average molecular weight is 683 g/mol. The van der Waals surface area contributed by atoms with Gasteiger partial charge >= 0.3 is 0 Å². The summed E-state index contributed by atoms with van der Waals surface area (Å²) >= 11 is 0. The van der Waals surface area contributed by atoms with Gasteiger partial charge in [0.1, 0.15) is 10.7 Å². The molecule has 0 aliphatic carbocycles. The van der Waals surface area contributed by atoms with Crippen LogP contribution in [0.25, 0.3) is 4.91 Å². The number of nitrogens with one attached hydrogen (secondary N) is 4. The molecule has 1 aliphatic heterocycles. The molecule has 1 aliphatic rings. The molecule has 11 nitrogen and oxygen atoms in total. The molecular weight excluding hydrogens is 644 g/mol. The third-order valence-electron chi connectivity index (χ3n) is 8.07. The van der Waals surface area contributed by atoms with Gasteiger partial charge in [0.15, 0.2) is 0 Å². The summed E-state index contributed by atoms with van der Waals surface area (Å²) in [6.45, 7) is 2.38. The summed E-state index contributed by atoms with van der Waals surface area (Å²) in [5, 5.41) is 20.3. The number of rotatable bonds is 14. The molecule has 0 saturated carbocycles. The maximum absolute atomic E-state index is 13.9. The van der Waals surface area contributed by atoms with Gasteiger partial charge in [0.05, 0.1) is 25.3 Å². The number of methoxy groups -OCH3 is 1. The second-order valence-corrected chi connectivity index (χ2v) is 13.4. The van der Waals surface area contributed by atoms with Gasteiger partial charge in [0.2, 0.25) is 0 Å². The number of hydrogen-bond donors (Lipinski definition) is 5. The summed E-state index contributed by atoms with van der Waals surface area (Å²) in [4.78, 5) is 39.0. The fourth-order valence-corrected chi connectivity index (χ4v) is 6.61. The molecule has 49 heavy (non-hydrogen) atoms. The summed E-state index contributed by atoms with van der Waals surface area (Å²) in [5.41, 5.74) is 2.64. The van der Waals surface area contributed by atoms with Gasteiger partial charge in [-0.25, -0.2) is 13.1 Å². The highest BCUT2D eigenvalue weighted by Gasteiger charge is 2.31. The van der Waals surface area contributed by atoms with E-state index in [1.165, 1.54) is 18.2 Å². The van der Waals surface area contributed by atoms with Gasteiger partial charge in [-0.2, -0.15) is 0 Å². The lowest BCUT2D eigenvalue weighted by atomic mass is 9.99. The van der Waals surface area contributed by atoms with E-state index in [9.17, 15) is 27.9 Å². The van der Waals surface area contributed by atoms with E-state index in [0.717, 1.165) is 22.8 Å². The molecule has 0 bridgehead atoms. The summed E-state index contributed by atoms with van der Waals surface area (Å²) in [6.07, 6.45) is 0.164. The number of hydrogen-bond acceptors (Lipinski definition) is 8. The second-order valence-electron chi connectivity index (χ2n) is 11.7. The van der Waals surface area contributed by atoms with Crippen LogP contribution >= 0.6 is 0 Å². The number of benzene rings is 4. The largest absolute Gasteiger partial charge is 0.497 e. The zero-order chi connectivity index (χ0) is 35.0. The van der Waals surface area contributed by atoms with Gasteiger partial charge < -0.3 is 25.8 Å². The SMILES string of the molecule is COc1cccc(CNC[C@@H](O)[C@H](Cc2ccccc2)NC(=O)c2cc(C(=O)N[C@H](C)c3ccccc3)cc(C3=CC(=O)NS3(=O)=O)c2)c1. The highest BCUT2D eigenvalue weighted by atomic mass is 32.2. The van der Waals surface area contributed by atoms with Crippen LogP contribution in [0.1, 0.15) is 55.9 Å². The number of carbonyl (C=O) groups is 3. The fraction of sp³-hybridized carbons (Fsp3) is 0.216. The molecule has 0 unspecified atom stereocenters. The van der Waals surface area contributed by atoms with Crippen molar-refractivity contribution < 1.29 is 32.6 Å². The molecular formula is C37H38N4O7S. The van der Waals surface area contributed by atoms with Crippen molar-refractivity contribution in [2.75, 3.05) is 13.7 Å². The van der Waals surface area contributed by atoms with E-state index < -0.39 is 45.9 Å². The van der Waals surface area contributed by atoms with Gasteiger partial charge in [-0.3, -0.25) is 14.4 Å². The molecule has 5 N–H and O–H groups in total. The first-order valence-electron chi connectivity index (χ1n) is 15.7. The molecule has 3 atom stereocenters. The van der Waals surface area contributed by atoms with Crippen molar-refractivity contribution in [3.8, 4) is 5.75 Å². The Bertz CT molecular complexity index is 1950. The topological polar surface area (TPSA) is 163 Å². The lowest BCUT2D eigenvalue weighted by Gasteiger charge is -2.25. The Morgan fingerprint density at radius 1 is 0.837 bits per heavy atom. The molecule has 12 heteroatoms. The highest BCUT2D eigenvalue weighted by molar-refractivity contribution is 7.99. The molecule has 5 rings (SSSR count). The zero-order valence-electron chi connectivity index (χ0n) is 27.1. The summed E-state index contributed by atoms with van der Waals surface area (Å²) in [5.74, 6) is -1.32. The predicted octanol–water partition coefficient (Wildman–Crippen LogP) is 3.48. The van der Waals surface area contributed by atoms with E-state index >= 15 is 0 Å². The Balaban J connectivity index is 1.41. The third-order valence-corrected chi connectivity index (χ3v) is 9.47. The number of carbonyl (C=O) groups excluding carboxylic acids is 3. The first-order chi connectivity index (χ1) is 23.5. The smallest absolute Gasteiger partial charge is 0.265 e. The maximum atomic E-state index is 13.9. The molecule has 0 spiro atoms. The minimum absolute atomic E-state index is 0.0105. The first kappa shape index (κ1) is 35.0. The van der Waals surface area contributed by atoms with Crippen molar-refractivity contribution in [1.82, 2.24) is 20.7 Å². The molecule has 4 aromatic carbocycles. The summed E-state index contributed by atoms with van der Waals surface area (Å²) < 4.78 is 32.7. The second kappa shape index (κ2) is 15.7. The highest BCUT2D eigenvalue weighted by Crippen LogP contribution is 2.27. The maximum Gasteiger partial charge on any atom is 0.265 e. The van der Waals surface area contributed by atoms with Crippen LogP contribution in [-0.4, -0.2) is 57.0 Å². The molecule has 3 amide bonds. The summed E-state index contributed by atoms with van der Waals surface area (Å²) in [6, 6.07) is 28.9. The van der Waals surface area contributed by atoms with E-state index in [1.54, 1.807) is 14.0 Å². The number of amides is 3. The molecule has 0 saturated heterocycles. The van der Waals surface area contributed by atoms with Gasteiger partial charge in [0, 0.05) is 30.3 Å². The Morgan fingerprint density at radius 2 is 1.47 bits per heavy atom. The van der Waals surface area contributed by atoms with Gasteiger partial charge in [-0.1, -0.05) is 72.8 Å². The third kappa shape index (κ3) is 9.20. The molecule has 0 aromatic heterocycles. The molecule has 0 radical (unpaired) electrons. The molecule has 254 valence electrons. The lowest BCUT2D eigenvalue weighted by molar-refractivity contribution is -0.114. The van der Waals surface area contributed by atoms with E-state index in [-0.39, 0.29) is 34.6 Å². The lowest BCUT2D eigenvalue weighted by Crippen LogP contribution is -2.48. The van der Waals surface area contributed by atoms with Crippen molar-refractivity contribution in [2.24, 2.45) is 0 Å². The van der Waals surface area contributed by atoms with Crippen LogP contribution in [0.4, 0.5) is 0 Å². The van der Waals surface area contributed by atoms with Gasteiger partial charge in [0.25, 0.3) is 27.7 Å². The summed E-state index contributed by atoms with van der Waals surface area (Å²) in [7, 11) is -2.63. The molecule has 4 aromatic rings. The van der Waals surface area contributed by atoms with Crippen molar-refractivity contribution in [1.29, 1.82) is 0 Å². The minimum Gasteiger partial charge on any atom is -0.497 e. The van der Waals surface area contributed by atoms with E-state index in [4.69, 9.17) is 4.74 Å². The van der Waals surface area contributed by atoms with Gasteiger partial charge in [-0.05, 0) is 65.9 Å². The Kier molecular flexibility index (Phi) is 11.2. The zero-order valence-corrected chi connectivity index (χ0v) is 27.9. The van der Waals surface area contributed by atoms with Crippen LogP contribution in [0.15, 0.2) is 109 Å². The Hall–Kier alpha value is -5.30. The monoisotopic (exact) mass is 682 g/mol. The van der Waals surface area contributed by atoms with Crippen LogP contribution in [0.2, 0.25) is 0 Å². The van der Waals surface area contributed by atoms with Crippen LogP contribution in [0.5, 0.6) is 5.75 Å². The quantitative estimate of drug-likeness (QED) is 0.135. The average Bonchev–Trinajstić information content (AvgIpc) is 3.39.